The number of phenolic OH excluding ortho intramolecular Hbond substituents is 1. The summed E-state index contributed by atoms with van der Waals surface area (Å²) in [5, 5.41) is 34.5. The molecule has 2 aromatic rings. The van der Waals surface area contributed by atoms with Gasteiger partial charge in [-0.05, 0) is 67.5 Å². The zero-order valence-corrected chi connectivity index (χ0v) is 25.2. The van der Waals surface area contributed by atoms with E-state index < -0.39 is 23.9 Å². The SMILES string of the molecule is CCCC1=C([C@H](O)CC/C(=C/c2ccc(O)c3ccccc23)CCC)[C@H](CO)[C@@H]2C(=O)N(C3CCCCC3)C(=O)[C@@H]2C1. The quantitative estimate of drug-likeness (QED) is 0.200. The minimum absolute atomic E-state index is 0.0237. The Morgan fingerprint density at radius 3 is 2.40 bits per heavy atom. The first kappa shape index (κ1) is 30.5. The number of aliphatic hydroxyl groups is 2. The number of phenols is 1. The van der Waals surface area contributed by atoms with Crippen molar-refractivity contribution < 1.29 is 24.9 Å². The molecule has 3 N–H and O–H groups in total. The molecule has 0 aromatic heterocycles. The summed E-state index contributed by atoms with van der Waals surface area (Å²) in [5.41, 5.74) is 4.12. The fourth-order valence-electron chi connectivity index (χ4n) is 7.94. The molecule has 6 heteroatoms. The lowest BCUT2D eigenvalue weighted by Crippen LogP contribution is -2.42. The summed E-state index contributed by atoms with van der Waals surface area (Å²) in [7, 11) is 0. The Bertz CT molecular complexity index is 1350. The minimum Gasteiger partial charge on any atom is -0.507 e. The number of fused-ring (bicyclic) bond motifs is 2. The predicted octanol–water partition coefficient (Wildman–Crippen LogP) is 6.91. The molecule has 226 valence electrons. The van der Waals surface area contributed by atoms with Crippen LogP contribution in [0.15, 0.2) is 53.1 Å². The van der Waals surface area contributed by atoms with Gasteiger partial charge in [0.05, 0.1) is 24.5 Å². The Hall–Kier alpha value is -2.96. The first-order chi connectivity index (χ1) is 20.4. The van der Waals surface area contributed by atoms with Crippen molar-refractivity contribution in [3.63, 3.8) is 0 Å². The normalized spacial score (nSPS) is 24.5. The zero-order chi connectivity index (χ0) is 29.8. The monoisotopic (exact) mass is 573 g/mol. The lowest BCUT2D eigenvalue weighted by atomic mass is 9.67. The summed E-state index contributed by atoms with van der Waals surface area (Å²) in [6.07, 6.45) is 11.5. The van der Waals surface area contributed by atoms with Crippen LogP contribution in [0.2, 0.25) is 0 Å². The van der Waals surface area contributed by atoms with Gasteiger partial charge in [0.1, 0.15) is 5.75 Å². The van der Waals surface area contributed by atoms with Gasteiger partial charge in [0, 0.05) is 17.3 Å². The molecule has 1 aliphatic heterocycles. The number of rotatable bonds is 11. The molecule has 0 spiro atoms. The molecule has 0 radical (unpaired) electrons. The van der Waals surface area contributed by atoms with E-state index in [0.717, 1.165) is 85.3 Å². The largest absolute Gasteiger partial charge is 0.507 e. The summed E-state index contributed by atoms with van der Waals surface area (Å²) in [5.74, 6) is -1.46. The average Bonchev–Trinajstić information content (AvgIpc) is 3.26. The number of nitrogens with zero attached hydrogens (tertiary/aromatic N) is 1. The van der Waals surface area contributed by atoms with E-state index >= 15 is 0 Å². The third kappa shape index (κ3) is 5.93. The number of amides is 2. The lowest BCUT2D eigenvalue weighted by Gasteiger charge is -2.36. The first-order valence-corrected chi connectivity index (χ1v) is 16.2. The van der Waals surface area contributed by atoms with Crippen molar-refractivity contribution in [2.45, 2.75) is 103 Å². The van der Waals surface area contributed by atoms with Crippen LogP contribution in [0, 0.1) is 17.8 Å². The van der Waals surface area contributed by atoms with Crippen molar-refractivity contribution in [2.24, 2.45) is 17.8 Å². The maximum Gasteiger partial charge on any atom is 0.234 e. The molecule has 0 bridgehead atoms. The maximum absolute atomic E-state index is 13.8. The van der Waals surface area contributed by atoms with Gasteiger partial charge >= 0.3 is 0 Å². The van der Waals surface area contributed by atoms with Gasteiger partial charge in [-0.15, -0.1) is 0 Å². The van der Waals surface area contributed by atoms with E-state index in [1.54, 1.807) is 11.0 Å². The third-order valence-electron chi connectivity index (χ3n) is 9.87. The van der Waals surface area contributed by atoms with E-state index in [4.69, 9.17) is 0 Å². The molecule has 6 nitrogen and oxygen atoms in total. The molecule has 2 aliphatic carbocycles. The van der Waals surface area contributed by atoms with E-state index in [0.29, 0.717) is 19.3 Å². The van der Waals surface area contributed by atoms with Crippen LogP contribution < -0.4 is 0 Å². The Morgan fingerprint density at radius 1 is 0.976 bits per heavy atom. The van der Waals surface area contributed by atoms with Crippen molar-refractivity contribution in [1.29, 1.82) is 0 Å². The van der Waals surface area contributed by atoms with Crippen LogP contribution in [0.3, 0.4) is 0 Å². The number of likely N-dealkylation sites (tertiary alicyclic amines) is 1. The van der Waals surface area contributed by atoms with E-state index in [1.807, 2.05) is 30.3 Å². The third-order valence-corrected chi connectivity index (χ3v) is 9.87. The highest BCUT2D eigenvalue weighted by molar-refractivity contribution is 6.06. The minimum atomic E-state index is -0.784. The average molecular weight is 574 g/mol. The number of allylic oxidation sites excluding steroid dienone is 2. The number of carbonyl (C=O) groups excluding carboxylic acids is 2. The van der Waals surface area contributed by atoms with Gasteiger partial charge in [0.15, 0.2) is 0 Å². The van der Waals surface area contributed by atoms with E-state index in [-0.39, 0.29) is 30.2 Å². The highest BCUT2D eigenvalue weighted by Crippen LogP contribution is 2.48. The first-order valence-electron chi connectivity index (χ1n) is 16.2. The molecular weight excluding hydrogens is 526 g/mol. The second-order valence-electron chi connectivity index (χ2n) is 12.6. The standard InChI is InChI=1S/C36H47NO5/c1-3-10-23(20-24-17-19-31(39)28-15-9-8-14-27(24)28)16-18-32(40)33-25(11-4-2)21-29-34(30(33)22-38)36(42)37(35(29)41)26-12-6-5-7-13-26/h8-9,14-15,17,19-20,26,29-30,32,34,38-40H,3-7,10-13,16,18,21-22H2,1-2H3/b23-20+/t29-,30+,32-,34-/m1/s1. The number of hydrogen-bond donors (Lipinski definition) is 3. The van der Waals surface area contributed by atoms with Crippen LogP contribution in [0.5, 0.6) is 5.75 Å². The fraction of sp³-hybridized carbons (Fsp3) is 0.556. The second-order valence-corrected chi connectivity index (χ2v) is 12.6. The van der Waals surface area contributed by atoms with E-state index in [9.17, 15) is 24.9 Å². The van der Waals surface area contributed by atoms with Gasteiger partial charge in [0.25, 0.3) is 0 Å². The van der Waals surface area contributed by atoms with E-state index in [2.05, 4.69) is 19.9 Å². The van der Waals surface area contributed by atoms with Crippen molar-refractivity contribution in [3.8, 4) is 5.75 Å². The number of aromatic hydroxyl groups is 1. The van der Waals surface area contributed by atoms with Crippen LogP contribution >= 0.6 is 0 Å². The number of hydrogen-bond acceptors (Lipinski definition) is 5. The molecule has 2 fully saturated rings. The van der Waals surface area contributed by atoms with Crippen LogP contribution in [0.25, 0.3) is 16.8 Å². The van der Waals surface area contributed by atoms with Crippen LogP contribution in [0.4, 0.5) is 0 Å². The Balaban J connectivity index is 1.40. The maximum atomic E-state index is 13.8. The molecule has 3 aliphatic rings. The highest BCUT2D eigenvalue weighted by Gasteiger charge is 2.56. The number of benzene rings is 2. The van der Waals surface area contributed by atoms with Crippen LogP contribution in [-0.4, -0.2) is 50.8 Å². The molecule has 2 amide bonds. The molecule has 1 saturated heterocycles. The molecular formula is C36H47NO5. The van der Waals surface area contributed by atoms with E-state index in [1.165, 1.54) is 5.57 Å². The summed E-state index contributed by atoms with van der Waals surface area (Å²) >= 11 is 0. The Kier molecular flexibility index (Phi) is 9.85. The Labute approximate surface area is 250 Å². The van der Waals surface area contributed by atoms with Crippen molar-refractivity contribution >= 4 is 28.7 Å². The zero-order valence-electron chi connectivity index (χ0n) is 25.2. The van der Waals surface area contributed by atoms with Gasteiger partial charge in [-0.1, -0.05) is 93.5 Å². The van der Waals surface area contributed by atoms with Gasteiger partial charge in [-0.3, -0.25) is 14.5 Å². The number of aliphatic hydroxyl groups excluding tert-OH is 2. The van der Waals surface area contributed by atoms with Crippen molar-refractivity contribution in [2.75, 3.05) is 6.61 Å². The Morgan fingerprint density at radius 2 is 1.71 bits per heavy atom. The second kappa shape index (κ2) is 13.6. The highest BCUT2D eigenvalue weighted by atomic mass is 16.3. The molecule has 1 saturated carbocycles. The smallest absolute Gasteiger partial charge is 0.234 e. The lowest BCUT2D eigenvalue weighted by molar-refractivity contribution is -0.143. The topological polar surface area (TPSA) is 98.1 Å². The van der Waals surface area contributed by atoms with Crippen molar-refractivity contribution in [1.82, 2.24) is 4.90 Å². The molecule has 2 aromatic carbocycles. The van der Waals surface area contributed by atoms with Crippen LogP contribution in [0.1, 0.15) is 96.5 Å². The van der Waals surface area contributed by atoms with Gasteiger partial charge in [0.2, 0.25) is 11.8 Å². The van der Waals surface area contributed by atoms with Crippen LogP contribution in [-0.2, 0) is 9.59 Å². The molecule has 4 atom stereocenters. The summed E-state index contributed by atoms with van der Waals surface area (Å²) in [4.78, 5) is 29.0. The number of carbonyl (C=O) groups is 2. The summed E-state index contributed by atoms with van der Waals surface area (Å²) < 4.78 is 0. The predicted molar refractivity (Wildman–Crippen MR) is 167 cm³/mol. The molecule has 5 rings (SSSR count). The molecule has 42 heavy (non-hydrogen) atoms. The van der Waals surface area contributed by atoms with Crippen molar-refractivity contribution in [3.05, 3.63) is 58.7 Å². The molecule has 0 unspecified atom stereocenters. The van der Waals surface area contributed by atoms with Gasteiger partial charge < -0.3 is 15.3 Å². The van der Waals surface area contributed by atoms with Gasteiger partial charge in [-0.2, -0.15) is 0 Å². The molecule has 1 heterocycles. The number of imide groups is 1. The summed E-state index contributed by atoms with van der Waals surface area (Å²) in [6, 6.07) is 11.5. The van der Waals surface area contributed by atoms with Gasteiger partial charge in [-0.25, -0.2) is 0 Å². The summed E-state index contributed by atoms with van der Waals surface area (Å²) in [6.45, 7) is 4.00. The fourth-order valence-corrected chi connectivity index (χ4v) is 7.94.